The number of aliphatic hydroxyl groups is 1. The summed E-state index contributed by atoms with van der Waals surface area (Å²) in [6, 6.07) is -1.04. The molecule has 23 heavy (non-hydrogen) atoms. The van der Waals surface area contributed by atoms with Crippen LogP contribution in [-0.2, 0) is 14.3 Å². The smallest absolute Gasteiger partial charge is 0.408 e. The number of nitrogens with one attached hydrogen (secondary N) is 1. The van der Waals surface area contributed by atoms with Gasteiger partial charge in [0.1, 0.15) is 17.4 Å². The number of carbonyl (C=O) groups excluding carboxylic acids is 2. The van der Waals surface area contributed by atoms with Crippen LogP contribution in [0.25, 0.3) is 0 Å². The van der Waals surface area contributed by atoms with Crippen molar-refractivity contribution in [2.24, 2.45) is 0 Å². The van der Waals surface area contributed by atoms with Gasteiger partial charge in [-0.1, -0.05) is 30.3 Å². The molecule has 7 heteroatoms. The van der Waals surface area contributed by atoms with Crippen molar-refractivity contribution in [3.8, 4) is 0 Å². The zero-order valence-electron chi connectivity index (χ0n) is 14.1. The summed E-state index contributed by atoms with van der Waals surface area (Å²) >= 11 is 5.68. The second-order valence-corrected chi connectivity index (χ2v) is 6.16. The third-order valence-electron chi connectivity index (χ3n) is 2.53. The third-order valence-corrected chi connectivity index (χ3v) is 2.71. The van der Waals surface area contributed by atoms with Crippen LogP contribution in [0.2, 0.25) is 0 Å². The molecule has 0 aliphatic carbocycles. The van der Waals surface area contributed by atoms with E-state index in [1.165, 1.54) is 7.11 Å². The van der Waals surface area contributed by atoms with Crippen LogP contribution < -0.4 is 5.32 Å². The van der Waals surface area contributed by atoms with Crippen LogP contribution in [0.5, 0.6) is 0 Å². The molecule has 0 aliphatic rings. The van der Waals surface area contributed by atoms with Crippen molar-refractivity contribution in [1.29, 1.82) is 0 Å². The van der Waals surface area contributed by atoms with E-state index in [1.54, 1.807) is 39.8 Å². The molecule has 2 N–H and O–H groups in total. The molecule has 0 rings (SSSR count). The molecule has 0 radical (unpaired) electrons. The predicted octanol–water partition coefficient (Wildman–Crippen LogP) is 3.58. The fraction of sp³-hybridized carbons (Fsp3) is 0.500. The highest BCUT2D eigenvalue weighted by molar-refractivity contribution is 6.31. The molecule has 0 aliphatic heterocycles. The molecule has 1 amide bonds. The normalized spacial score (nSPS) is 14.0. The SMILES string of the molecule is C=C(Cl)/C(O)=C(\C=CC)CC(NC(=O)OC(C)(C)C)C(=O)OC. The number of alkyl carbamates (subject to hydrolysis) is 1. The number of carbonyl (C=O) groups is 2. The van der Waals surface area contributed by atoms with E-state index in [0.717, 1.165) is 0 Å². The van der Waals surface area contributed by atoms with Crippen LogP contribution in [0.1, 0.15) is 34.1 Å². The first-order valence-corrected chi connectivity index (χ1v) is 7.36. The lowest BCUT2D eigenvalue weighted by atomic mass is 10.0. The lowest BCUT2D eigenvalue weighted by molar-refractivity contribution is -0.143. The van der Waals surface area contributed by atoms with Crippen molar-refractivity contribution in [2.45, 2.75) is 45.8 Å². The van der Waals surface area contributed by atoms with Gasteiger partial charge in [-0.2, -0.15) is 0 Å². The van der Waals surface area contributed by atoms with Crippen molar-refractivity contribution in [2.75, 3.05) is 7.11 Å². The van der Waals surface area contributed by atoms with Crippen molar-refractivity contribution >= 4 is 23.7 Å². The second kappa shape index (κ2) is 9.25. The molecule has 0 bridgehead atoms. The van der Waals surface area contributed by atoms with Gasteiger partial charge in [-0.3, -0.25) is 0 Å². The Balaban J connectivity index is 5.33. The van der Waals surface area contributed by atoms with Crippen LogP contribution in [0.3, 0.4) is 0 Å². The Morgan fingerprint density at radius 3 is 2.35 bits per heavy atom. The maximum Gasteiger partial charge on any atom is 0.408 e. The number of hydrogen-bond donors (Lipinski definition) is 2. The van der Waals surface area contributed by atoms with Crippen LogP contribution in [-0.4, -0.2) is 35.9 Å². The number of aliphatic hydroxyl groups excluding tert-OH is 1. The maximum absolute atomic E-state index is 11.9. The van der Waals surface area contributed by atoms with Gasteiger partial charge in [0.05, 0.1) is 12.1 Å². The number of amides is 1. The van der Waals surface area contributed by atoms with Gasteiger partial charge in [-0.15, -0.1) is 0 Å². The summed E-state index contributed by atoms with van der Waals surface area (Å²) in [4.78, 5) is 23.7. The minimum Gasteiger partial charge on any atom is -0.506 e. The number of allylic oxidation sites excluding steroid dienone is 3. The molecule has 1 unspecified atom stereocenters. The van der Waals surface area contributed by atoms with Gasteiger partial charge < -0.3 is 19.9 Å². The van der Waals surface area contributed by atoms with E-state index in [4.69, 9.17) is 16.3 Å². The van der Waals surface area contributed by atoms with Gasteiger partial charge in [0, 0.05) is 6.42 Å². The number of hydrogen-bond acceptors (Lipinski definition) is 5. The molecule has 0 aromatic heterocycles. The Morgan fingerprint density at radius 2 is 1.96 bits per heavy atom. The molecule has 0 heterocycles. The Kier molecular flexibility index (Phi) is 8.46. The third kappa shape index (κ3) is 8.30. The van der Waals surface area contributed by atoms with Crippen molar-refractivity contribution in [3.05, 3.63) is 35.1 Å². The lowest BCUT2D eigenvalue weighted by Crippen LogP contribution is -2.44. The van der Waals surface area contributed by atoms with E-state index in [0.29, 0.717) is 5.57 Å². The number of ether oxygens (including phenoxy) is 2. The van der Waals surface area contributed by atoms with Gasteiger partial charge >= 0.3 is 12.1 Å². The Bertz CT molecular complexity index is 517. The molecule has 0 fully saturated rings. The number of halogens is 1. The summed E-state index contributed by atoms with van der Waals surface area (Å²) in [5.74, 6) is -0.935. The fourth-order valence-corrected chi connectivity index (χ4v) is 1.75. The average Bonchev–Trinajstić information content (AvgIpc) is 2.41. The van der Waals surface area contributed by atoms with Crippen LogP contribution in [0, 0.1) is 0 Å². The molecule has 0 saturated carbocycles. The molecule has 1 atom stereocenters. The summed E-state index contributed by atoms with van der Waals surface area (Å²) in [5.41, 5.74) is -0.377. The van der Waals surface area contributed by atoms with E-state index in [1.807, 2.05) is 0 Å². The minimum absolute atomic E-state index is 0.0339. The topological polar surface area (TPSA) is 84.9 Å². The molecule has 0 spiro atoms. The molecule has 130 valence electrons. The fourth-order valence-electron chi connectivity index (χ4n) is 1.62. The van der Waals surface area contributed by atoms with Gasteiger partial charge in [0.15, 0.2) is 0 Å². The molecular weight excluding hydrogens is 322 g/mol. The molecular formula is C16H24ClNO5. The van der Waals surface area contributed by atoms with Gasteiger partial charge in [-0.25, -0.2) is 9.59 Å². The summed E-state index contributed by atoms with van der Waals surface area (Å²) in [5, 5.41) is 12.3. The Hall–Kier alpha value is -1.95. The maximum atomic E-state index is 11.9. The summed E-state index contributed by atoms with van der Waals surface area (Å²) in [7, 11) is 1.20. The number of rotatable bonds is 6. The Morgan fingerprint density at radius 1 is 1.39 bits per heavy atom. The highest BCUT2D eigenvalue weighted by Crippen LogP contribution is 2.20. The summed E-state index contributed by atoms with van der Waals surface area (Å²) in [6.45, 7) is 10.3. The number of esters is 1. The van der Waals surface area contributed by atoms with Gasteiger partial charge in [-0.05, 0) is 33.3 Å². The van der Waals surface area contributed by atoms with Gasteiger partial charge in [0.25, 0.3) is 0 Å². The predicted molar refractivity (Wildman–Crippen MR) is 89.3 cm³/mol. The van der Waals surface area contributed by atoms with Gasteiger partial charge in [0.2, 0.25) is 0 Å². The van der Waals surface area contributed by atoms with Crippen molar-refractivity contribution in [1.82, 2.24) is 5.32 Å². The highest BCUT2D eigenvalue weighted by atomic mass is 35.5. The van der Waals surface area contributed by atoms with E-state index < -0.39 is 23.7 Å². The molecule has 0 saturated heterocycles. The first kappa shape index (κ1) is 21.0. The van der Waals surface area contributed by atoms with E-state index in [2.05, 4.69) is 16.6 Å². The second-order valence-electron chi connectivity index (χ2n) is 5.70. The number of methoxy groups -OCH3 is 1. The van der Waals surface area contributed by atoms with Crippen molar-refractivity contribution < 1.29 is 24.2 Å². The monoisotopic (exact) mass is 345 g/mol. The van der Waals surface area contributed by atoms with E-state index in [-0.39, 0.29) is 17.2 Å². The molecule has 6 nitrogen and oxygen atoms in total. The molecule has 0 aromatic carbocycles. The Labute approximate surface area is 141 Å². The van der Waals surface area contributed by atoms with E-state index in [9.17, 15) is 14.7 Å². The zero-order valence-corrected chi connectivity index (χ0v) is 14.9. The minimum atomic E-state index is -1.04. The first-order valence-electron chi connectivity index (χ1n) is 6.98. The molecule has 0 aromatic rings. The highest BCUT2D eigenvalue weighted by Gasteiger charge is 2.26. The van der Waals surface area contributed by atoms with Crippen LogP contribution in [0.15, 0.2) is 35.1 Å². The summed E-state index contributed by atoms with van der Waals surface area (Å²) < 4.78 is 9.78. The largest absolute Gasteiger partial charge is 0.506 e. The van der Waals surface area contributed by atoms with Crippen LogP contribution >= 0.6 is 11.6 Å². The average molecular weight is 346 g/mol. The first-order chi connectivity index (χ1) is 10.5. The quantitative estimate of drug-likeness (QED) is 0.436. The van der Waals surface area contributed by atoms with Crippen molar-refractivity contribution in [3.63, 3.8) is 0 Å². The standard InChI is InChI=1S/C16H24ClNO5/c1-7-8-11(13(19)10(2)17)9-12(14(20)22-6)18-15(21)23-16(3,4)5/h7-8,12,19H,2,9H2,1,3-6H3,(H,18,21)/b8-7?,13-11-. The van der Waals surface area contributed by atoms with E-state index >= 15 is 0 Å². The summed E-state index contributed by atoms with van der Waals surface area (Å²) in [6.07, 6.45) is 2.42. The zero-order chi connectivity index (χ0) is 18.2. The lowest BCUT2D eigenvalue weighted by Gasteiger charge is -2.23. The van der Waals surface area contributed by atoms with Crippen LogP contribution in [0.4, 0.5) is 4.79 Å².